The number of carbonyl (C=O) groups is 2. The lowest BCUT2D eigenvalue weighted by atomic mass is 10.1. The first-order valence-corrected chi connectivity index (χ1v) is 8.75. The molecule has 0 spiro atoms. The molecule has 1 unspecified atom stereocenters. The Hall–Kier alpha value is -3.02. The Morgan fingerprint density at radius 3 is 2.73 bits per heavy atom. The van der Waals surface area contributed by atoms with Gasteiger partial charge in [0.05, 0.1) is 6.54 Å². The van der Waals surface area contributed by atoms with Gasteiger partial charge in [0.1, 0.15) is 11.9 Å². The molecule has 6 heteroatoms. The summed E-state index contributed by atoms with van der Waals surface area (Å²) in [7, 11) is 0. The van der Waals surface area contributed by atoms with Crippen LogP contribution in [0.2, 0.25) is 0 Å². The number of para-hydroxylation sites is 1. The fraction of sp³-hybridized carbons (Fsp3) is 0.300. The average Bonchev–Trinajstić information content (AvgIpc) is 3.05. The first-order chi connectivity index (χ1) is 12.5. The van der Waals surface area contributed by atoms with E-state index in [2.05, 4.69) is 16.0 Å². The van der Waals surface area contributed by atoms with Crippen molar-refractivity contribution < 1.29 is 14.3 Å². The molecule has 1 aliphatic heterocycles. The summed E-state index contributed by atoms with van der Waals surface area (Å²) in [6.07, 6.45) is 1.13. The number of benzene rings is 2. The molecule has 2 aromatic rings. The first-order valence-electron chi connectivity index (χ1n) is 8.75. The molecular weight excluding hydrogens is 330 g/mol. The summed E-state index contributed by atoms with van der Waals surface area (Å²) in [5.41, 5.74) is 3.40. The standard InChI is InChI=1S/C20H23N3O3/c1-3-19(24)22-15-9-8-13(2)17(11-15)23-20(25)21-12-16-10-14-6-4-5-7-18(14)26-16/h4-9,11,16H,3,10,12H2,1-2H3,(H,22,24)(H2,21,23,25). The van der Waals surface area contributed by atoms with E-state index in [9.17, 15) is 9.59 Å². The molecular formula is C20H23N3O3. The van der Waals surface area contributed by atoms with Crippen LogP contribution >= 0.6 is 0 Å². The lowest BCUT2D eigenvalue weighted by molar-refractivity contribution is -0.115. The van der Waals surface area contributed by atoms with Crippen molar-refractivity contribution in [2.75, 3.05) is 17.2 Å². The Balaban J connectivity index is 1.53. The first kappa shape index (κ1) is 17.8. The van der Waals surface area contributed by atoms with Gasteiger partial charge in [0.25, 0.3) is 0 Å². The molecule has 3 N–H and O–H groups in total. The monoisotopic (exact) mass is 353 g/mol. The molecule has 0 saturated carbocycles. The molecule has 0 radical (unpaired) electrons. The van der Waals surface area contributed by atoms with Gasteiger partial charge in [-0.25, -0.2) is 4.79 Å². The highest BCUT2D eigenvalue weighted by Gasteiger charge is 2.22. The van der Waals surface area contributed by atoms with Crippen molar-refractivity contribution in [2.45, 2.75) is 32.8 Å². The minimum Gasteiger partial charge on any atom is -0.488 e. The van der Waals surface area contributed by atoms with E-state index in [0.29, 0.717) is 24.3 Å². The van der Waals surface area contributed by atoms with Crippen molar-refractivity contribution in [1.82, 2.24) is 5.32 Å². The molecule has 2 aromatic carbocycles. The van der Waals surface area contributed by atoms with Crippen molar-refractivity contribution in [1.29, 1.82) is 0 Å². The van der Waals surface area contributed by atoms with E-state index >= 15 is 0 Å². The SMILES string of the molecule is CCC(=O)Nc1ccc(C)c(NC(=O)NCC2Cc3ccccc3O2)c1. The molecule has 136 valence electrons. The second kappa shape index (κ2) is 7.91. The van der Waals surface area contributed by atoms with E-state index in [4.69, 9.17) is 4.74 Å². The van der Waals surface area contributed by atoms with Gasteiger partial charge in [-0.2, -0.15) is 0 Å². The van der Waals surface area contributed by atoms with Crippen molar-refractivity contribution >= 4 is 23.3 Å². The van der Waals surface area contributed by atoms with E-state index in [-0.39, 0.29) is 18.0 Å². The molecule has 0 fully saturated rings. The Labute approximate surface area is 152 Å². The molecule has 3 amide bonds. The summed E-state index contributed by atoms with van der Waals surface area (Å²) in [6.45, 7) is 4.11. The Kier molecular flexibility index (Phi) is 5.41. The van der Waals surface area contributed by atoms with Crippen molar-refractivity contribution in [3.63, 3.8) is 0 Å². The normalized spacial score (nSPS) is 14.9. The molecule has 26 heavy (non-hydrogen) atoms. The predicted octanol–water partition coefficient (Wildman–Crippen LogP) is 3.47. The van der Waals surface area contributed by atoms with E-state index in [1.54, 1.807) is 13.0 Å². The number of anilines is 2. The van der Waals surface area contributed by atoms with E-state index in [0.717, 1.165) is 23.3 Å². The van der Waals surface area contributed by atoms with Gasteiger partial charge < -0.3 is 20.7 Å². The van der Waals surface area contributed by atoms with Crippen LogP contribution in [0, 0.1) is 6.92 Å². The van der Waals surface area contributed by atoms with Gasteiger partial charge in [0.15, 0.2) is 0 Å². The molecule has 6 nitrogen and oxygen atoms in total. The molecule has 3 rings (SSSR count). The molecule has 1 aliphatic rings. The third-order valence-electron chi connectivity index (χ3n) is 4.29. The Bertz CT molecular complexity index is 795. The lowest BCUT2D eigenvalue weighted by Gasteiger charge is -2.14. The van der Waals surface area contributed by atoms with E-state index in [1.165, 1.54) is 0 Å². The predicted molar refractivity (Wildman–Crippen MR) is 102 cm³/mol. The largest absolute Gasteiger partial charge is 0.488 e. The van der Waals surface area contributed by atoms with Crippen LogP contribution in [0.3, 0.4) is 0 Å². The van der Waals surface area contributed by atoms with Crippen LogP contribution in [-0.4, -0.2) is 24.6 Å². The maximum Gasteiger partial charge on any atom is 0.319 e. The summed E-state index contributed by atoms with van der Waals surface area (Å²) in [4.78, 5) is 23.7. The number of amides is 3. The number of fused-ring (bicyclic) bond motifs is 1. The number of hydrogen-bond acceptors (Lipinski definition) is 3. The van der Waals surface area contributed by atoms with Crippen LogP contribution in [0.4, 0.5) is 16.2 Å². The van der Waals surface area contributed by atoms with Crippen LogP contribution in [0.5, 0.6) is 5.75 Å². The van der Waals surface area contributed by atoms with Crippen LogP contribution in [0.1, 0.15) is 24.5 Å². The maximum absolute atomic E-state index is 12.2. The number of carbonyl (C=O) groups excluding carboxylic acids is 2. The number of ether oxygens (including phenoxy) is 1. The fourth-order valence-corrected chi connectivity index (χ4v) is 2.82. The third-order valence-corrected chi connectivity index (χ3v) is 4.29. The molecule has 1 heterocycles. The molecule has 0 aliphatic carbocycles. The second-order valence-electron chi connectivity index (χ2n) is 6.32. The highest BCUT2D eigenvalue weighted by Crippen LogP contribution is 2.27. The van der Waals surface area contributed by atoms with E-state index < -0.39 is 0 Å². The number of urea groups is 1. The summed E-state index contributed by atoms with van der Waals surface area (Å²) >= 11 is 0. The summed E-state index contributed by atoms with van der Waals surface area (Å²) < 4.78 is 5.82. The number of aryl methyl sites for hydroxylation is 1. The van der Waals surface area contributed by atoms with Crippen molar-refractivity contribution in [3.8, 4) is 5.75 Å². The zero-order valence-corrected chi connectivity index (χ0v) is 15.0. The van der Waals surface area contributed by atoms with Crippen LogP contribution < -0.4 is 20.7 Å². The number of nitrogens with one attached hydrogen (secondary N) is 3. The van der Waals surface area contributed by atoms with Gasteiger partial charge in [-0.3, -0.25) is 4.79 Å². The zero-order chi connectivity index (χ0) is 18.5. The highest BCUT2D eigenvalue weighted by molar-refractivity contribution is 5.94. The smallest absolute Gasteiger partial charge is 0.319 e. The minimum atomic E-state index is -0.299. The summed E-state index contributed by atoms with van der Waals surface area (Å²) in [5, 5.41) is 8.46. The second-order valence-corrected chi connectivity index (χ2v) is 6.32. The van der Waals surface area contributed by atoms with Crippen molar-refractivity contribution in [3.05, 3.63) is 53.6 Å². The van der Waals surface area contributed by atoms with Crippen LogP contribution in [0.25, 0.3) is 0 Å². The Morgan fingerprint density at radius 2 is 1.96 bits per heavy atom. The van der Waals surface area contributed by atoms with Gasteiger partial charge in [-0.1, -0.05) is 31.2 Å². The van der Waals surface area contributed by atoms with Gasteiger partial charge in [-0.05, 0) is 36.2 Å². The molecule has 0 bridgehead atoms. The lowest BCUT2D eigenvalue weighted by Crippen LogP contribution is -2.37. The van der Waals surface area contributed by atoms with Crippen molar-refractivity contribution in [2.24, 2.45) is 0 Å². The minimum absolute atomic E-state index is 0.0607. The highest BCUT2D eigenvalue weighted by atomic mass is 16.5. The van der Waals surface area contributed by atoms with Gasteiger partial charge in [-0.15, -0.1) is 0 Å². The van der Waals surface area contributed by atoms with Crippen LogP contribution in [0.15, 0.2) is 42.5 Å². The molecule has 0 saturated heterocycles. The van der Waals surface area contributed by atoms with Crippen LogP contribution in [-0.2, 0) is 11.2 Å². The number of rotatable bonds is 5. The summed E-state index contributed by atoms with van der Waals surface area (Å²) in [6, 6.07) is 13.0. The molecule has 0 aromatic heterocycles. The topological polar surface area (TPSA) is 79.5 Å². The fourth-order valence-electron chi connectivity index (χ4n) is 2.82. The van der Waals surface area contributed by atoms with Gasteiger partial charge >= 0.3 is 6.03 Å². The zero-order valence-electron chi connectivity index (χ0n) is 15.0. The molecule has 1 atom stereocenters. The Morgan fingerprint density at radius 1 is 1.15 bits per heavy atom. The van der Waals surface area contributed by atoms with Gasteiger partial charge in [0.2, 0.25) is 5.91 Å². The maximum atomic E-state index is 12.2. The quantitative estimate of drug-likeness (QED) is 0.770. The summed E-state index contributed by atoms with van der Waals surface area (Å²) in [5.74, 6) is 0.817. The number of hydrogen-bond donors (Lipinski definition) is 3. The average molecular weight is 353 g/mol. The van der Waals surface area contributed by atoms with Gasteiger partial charge in [0, 0.05) is 24.2 Å². The van der Waals surface area contributed by atoms with E-state index in [1.807, 2.05) is 43.3 Å². The third kappa shape index (κ3) is 4.33.